The number of nitrogens with zero attached hydrogens (tertiary/aromatic N) is 2. The predicted molar refractivity (Wildman–Crippen MR) is 65.3 cm³/mol. The Morgan fingerprint density at radius 3 is 2.76 bits per heavy atom. The van der Waals surface area contributed by atoms with Crippen molar-refractivity contribution in [2.24, 2.45) is 0 Å². The molecule has 5 heteroatoms. The summed E-state index contributed by atoms with van der Waals surface area (Å²) >= 11 is 0. The van der Waals surface area contributed by atoms with Crippen molar-refractivity contribution >= 4 is 22.5 Å². The zero-order chi connectivity index (χ0) is 11.7. The first-order chi connectivity index (χ1) is 8.33. The number of phenolic OH excluding ortho intramolecular Hbond substituents is 1. The number of phenols is 1. The van der Waals surface area contributed by atoms with Crippen LogP contribution in [0.5, 0.6) is 5.75 Å². The summed E-state index contributed by atoms with van der Waals surface area (Å²) in [4.78, 5) is 4.25. The number of nitrogens with one attached hydrogen (secondary N) is 2. The Labute approximate surface area is 97.1 Å². The van der Waals surface area contributed by atoms with Crippen LogP contribution in [0.2, 0.25) is 0 Å². The van der Waals surface area contributed by atoms with Crippen molar-refractivity contribution in [2.75, 3.05) is 5.32 Å². The lowest BCUT2D eigenvalue weighted by Gasteiger charge is -2.02. The Balaban J connectivity index is 1.97. The molecule has 3 rings (SSSR count). The van der Waals surface area contributed by atoms with Gasteiger partial charge in [-0.15, -0.1) is 0 Å². The molecule has 0 aliphatic carbocycles. The number of benzene rings is 1. The Morgan fingerprint density at radius 2 is 1.94 bits per heavy atom. The van der Waals surface area contributed by atoms with E-state index in [4.69, 9.17) is 0 Å². The number of aromatic hydroxyl groups is 1. The van der Waals surface area contributed by atoms with Crippen molar-refractivity contribution in [3.05, 3.63) is 42.6 Å². The number of aromatic nitrogens is 3. The Bertz CT molecular complexity index is 645. The number of aromatic amines is 1. The second-order valence-electron chi connectivity index (χ2n) is 3.64. The first-order valence-electron chi connectivity index (χ1n) is 5.18. The lowest BCUT2D eigenvalue weighted by Crippen LogP contribution is -1.91. The van der Waals surface area contributed by atoms with Gasteiger partial charge in [0.2, 0.25) is 0 Å². The molecule has 0 atom stereocenters. The topological polar surface area (TPSA) is 73.8 Å². The molecule has 17 heavy (non-hydrogen) atoms. The van der Waals surface area contributed by atoms with Crippen molar-refractivity contribution in [2.45, 2.75) is 0 Å². The number of H-pyrrole nitrogens is 1. The minimum atomic E-state index is 0.237. The summed E-state index contributed by atoms with van der Waals surface area (Å²) in [5.74, 6) is 0.909. The predicted octanol–water partition coefficient (Wildman–Crippen LogP) is 2.41. The van der Waals surface area contributed by atoms with E-state index in [-0.39, 0.29) is 5.75 Å². The fourth-order valence-corrected chi connectivity index (χ4v) is 1.62. The first-order valence-corrected chi connectivity index (χ1v) is 5.18. The van der Waals surface area contributed by atoms with Gasteiger partial charge in [-0.25, -0.2) is 0 Å². The number of anilines is 2. The molecule has 5 nitrogen and oxygen atoms in total. The number of pyridine rings is 1. The van der Waals surface area contributed by atoms with Crippen LogP contribution in [0.25, 0.3) is 11.0 Å². The van der Waals surface area contributed by atoms with Crippen molar-refractivity contribution in [3.8, 4) is 5.75 Å². The Morgan fingerprint density at radius 1 is 1.12 bits per heavy atom. The quantitative estimate of drug-likeness (QED) is 0.586. The highest BCUT2D eigenvalue weighted by atomic mass is 16.3. The smallest absolute Gasteiger partial charge is 0.178 e. The van der Waals surface area contributed by atoms with Crippen LogP contribution in [0.4, 0.5) is 11.5 Å². The van der Waals surface area contributed by atoms with Gasteiger partial charge < -0.3 is 10.4 Å². The molecule has 1 aromatic carbocycles. The second kappa shape index (κ2) is 3.79. The van der Waals surface area contributed by atoms with E-state index in [0.717, 1.165) is 16.7 Å². The van der Waals surface area contributed by atoms with E-state index in [1.54, 1.807) is 30.5 Å². The molecule has 0 amide bonds. The summed E-state index contributed by atoms with van der Waals surface area (Å²) in [7, 11) is 0. The summed E-state index contributed by atoms with van der Waals surface area (Å²) in [5.41, 5.74) is 2.52. The second-order valence-corrected chi connectivity index (χ2v) is 3.64. The molecule has 0 fully saturated rings. The van der Waals surface area contributed by atoms with Gasteiger partial charge >= 0.3 is 0 Å². The maximum absolute atomic E-state index is 9.19. The van der Waals surface area contributed by atoms with Crippen molar-refractivity contribution in [3.63, 3.8) is 0 Å². The average Bonchev–Trinajstić information content (AvgIpc) is 2.76. The molecule has 2 aromatic heterocycles. The van der Waals surface area contributed by atoms with Crippen molar-refractivity contribution in [1.82, 2.24) is 15.2 Å². The lowest BCUT2D eigenvalue weighted by molar-refractivity contribution is 0.475. The molecule has 2 heterocycles. The lowest BCUT2D eigenvalue weighted by atomic mass is 10.3. The summed E-state index contributed by atoms with van der Waals surface area (Å²) in [6.45, 7) is 0. The van der Waals surface area contributed by atoms with Gasteiger partial charge in [-0.05, 0) is 36.4 Å². The van der Waals surface area contributed by atoms with Gasteiger partial charge in [-0.1, -0.05) is 0 Å². The summed E-state index contributed by atoms with van der Waals surface area (Å²) < 4.78 is 0. The van der Waals surface area contributed by atoms with Gasteiger partial charge in [0, 0.05) is 11.9 Å². The van der Waals surface area contributed by atoms with E-state index in [1.807, 2.05) is 12.1 Å². The maximum atomic E-state index is 9.19. The van der Waals surface area contributed by atoms with Crippen molar-refractivity contribution < 1.29 is 5.11 Å². The van der Waals surface area contributed by atoms with Crippen LogP contribution in [-0.2, 0) is 0 Å². The molecule has 3 aromatic rings. The normalized spacial score (nSPS) is 10.6. The average molecular weight is 226 g/mol. The van der Waals surface area contributed by atoms with Gasteiger partial charge in [-0.3, -0.25) is 10.1 Å². The van der Waals surface area contributed by atoms with Crippen LogP contribution in [0.3, 0.4) is 0 Å². The molecular formula is C12H10N4O. The molecule has 0 bridgehead atoms. The maximum Gasteiger partial charge on any atom is 0.178 e. The van der Waals surface area contributed by atoms with Gasteiger partial charge in [0.25, 0.3) is 0 Å². The fourth-order valence-electron chi connectivity index (χ4n) is 1.62. The zero-order valence-electron chi connectivity index (χ0n) is 8.88. The molecular weight excluding hydrogens is 216 g/mol. The first kappa shape index (κ1) is 9.65. The fraction of sp³-hybridized carbons (Fsp3) is 0. The van der Waals surface area contributed by atoms with Crippen LogP contribution in [0.15, 0.2) is 42.6 Å². The SMILES string of the molecule is Oc1ccc(Nc2n[nH]c3cccnc23)cc1. The molecule has 0 saturated carbocycles. The number of rotatable bonds is 2. The van der Waals surface area contributed by atoms with E-state index in [0.29, 0.717) is 5.82 Å². The molecule has 3 N–H and O–H groups in total. The highest BCUT2D eigenvalue weighted by Gasteiger charge is 2.05. The third-order valence-corrected chi connectivity index (χ3v) is 2.45. The van der Waals surface area contributed by atoms with Crippen LogP contribution in [-0.4, -0.2) is 20.3 Å². The van der Waals surface area contributed by atoms with Crippen molar-refractivity contribution in [1.29, 1.82) is 0 Å². The van der Waals surface area contributed by atoms with E-state index in [2.05, 4.69) is 20.5 Å². The van der Waals surface area contributed by atoms with Crippen LogP contribution < -0.4 is 5.32 Å². The third-order valence-electron chi connectivity index (χ3n) is 2.45. The molecule has 0 spiro atoms. The van der Waals surface area contributed by atoms with E-state index >= 15 is 0 Å². The molecule has 0 aliphatic rings. The molecule has 0 radical (unpaired) electrons. The van der Waals surface area contributed by atoms with Gasteiger partial charge in [0.1, 0.15) is 11.3 Å². The van der Waals surface area contributed by atoms with Gasteiger partial charge in [-0.2, -0.15) is 5.10 Å². The monoisotopic (exact) mass is 226 g/mol. The van der Waals surface area contributed by atoms with Crippen LogP contribution >= 0.6 is 0 Å². The molecule has 0 aliphatic heterocycles. The molecule has 84 valence electrons. The minimum Gasteiger partial charge on any atom is -0.508 e. The van der Waals surface area contributed by atoms with Crippen LogP contribution in [0, 0.1) is 0 Å². The van der Waals surface area contributed by atoms with E-state index in [9.17, 15) is 5.11 Å². The van der Waals surface area contributed by atoms with Gasteiger partial charge in [0.15, 0.2) is 5.82 Å². The molecule has 0 saturated heterocycles. The third kappa shape index (κ3) is 1.78. The van der Waals surface area contributed by atoms with Gasteiger partial charge in [0.05, 0.1) is 5.52 Å². The Hall–Kier alpha value is -2.56. The Kier molecular flexibility index (Phi) is 2.15. The van der Waals surface area contributed by atoms with Crippen LogP contribution in [0.1, 0.15) is 0 Å². The highest BCUT2D eigenvalue weighted by Crippen LogP contribution is 2.22. The summed E-state index contributed by atoms with van der Waals surface area (Å²) in [6, 6.07) is 10.6. The molecule has 0 unspecified atom stereocenters. The number of hydrogen-bond acceptors (Lipinski definition) is 4. The van der Waals surface area contributed by atoms with E-state index < -0.39 is 0 Å². The van der Waals surface area contributed by atoms with E-state index in [1.165, 1.54) is 0 Å². The number of fused-ring (bicyclic) bond motifs is 1. The number of hydrogen-bond donors (Lipinski definition) is 3. The minimum absolute atomic E-state index is 0.237. The largest absolute Gasteiger partial charge is 0.508 e. The zero-order valence-corrected chi connectivity index (χ0v) is 8.88. The highest BCUT2D eigenvalue weighted by molar-refractivity contribution is 5.87. The standard InChI is InChI=1S/C12H10N4O/c17-9-5-3-8(4-6-9)14-12-11-10(15-16-12)2-1-7-13-11/h1-7,17H,(H2,14,15,16). The summed E-state index contributed by atoms with van der Waals surface area (Å²) in [5, 5.41) is 19.4. The summed E-state index contributed by atoms with van der Waals surface area (Å²) in [6.07, 6.45) is 1.72.